The van der Waals surface area contributed by atoms with Gasteiger partial charge in [0.05, 0.1) is 4.90 Å². The van der Waals surface area contributed by atoms with Crippen molar-refractivity contribution in [1.82, 2.24) is 0 Å². The third-order valence-corrected chi connectivity index (χ3v) is 2.17. The van der Waals surface area contributed by atoms with Crippen LogP contribution in [0.15, 0.2) is 29.2 Å². The number of rotatable bonds is 2. The van der Waals surface area contributed by atoms with E-state index in [0.717, 1.165) is 24.3 Å². The average Bonchev–Trinajstić information content (AvgIpc) is 2.02. The Balaban J connectivity index is 2.95. The lowest BCUT2D eigenvalue weighted by molar-refractivity contribution is 0.144. The molecule has 0 bridgehead atoms. The number of hydrogen-bond acceptors (Lipinski definition) is 5. The minimum atomic E-state index is -4.50. The summed E-state index contributed by atoms with van der Waals surface area (Å²) in [5, 5.41) is 8.19. The first-order chi connectivity index (χ1) is 6.39. The molecule has 14 heavy (non-hydrogen) atoms. The molecule has 0 unspecified atom stereocenters. The highest BCUT2D eigenvalue weighted by Crippen LogP contribution is 2.15. The first kappa shape index (κ1) is 10.5. The molecule has 1 rings (SSSR count). The summed E-state index contributed by atoms with van der Waals surface area (Å²) in [5.74, 6) is -0.0510. The molecular weight excluding hydrogens is 212 g/mol. The van der Waals surface area contributed by atoms with Gasteiger partial charge in [-0.1, -0.05) is 0 Å². The van der Waals surface area contributed by atoms with Gasteiger partial charge in [-0.2, -0.15) is 0 Å². The van der Waals surface area contributed by atoms with E-state index in [4.69, 9.17) is 5.11 Å². The maximum atomic E-state index is 10.5. The van der Waals surface area contributed by atoms with Crippen molar-refractivity contribution in [3.05, 3.63) is 24.3 Å². The van der Waals surface area contributed by atoms with E-state index in [1.807, 2.05) is 0 Å². The van der Waals surface area contributed by atoms with E-state index >= 15 is 0 Å². The number of hydrogen-bond donors (Lipinski definition) is 1. The second-order valence-corrected chi connectivity index (χ2v) is 3.67. The molecular formula is C7H5O6S-. The quantitative estimate of drug-likeness (QED) is 0.443. The number of benzene rings is 1. The van der Waals surface area contributed by atoms with Crippen LogP contribution in [0.25, 0.3) is 0 Å². The van der Waals surface area contributed by atoms with Crippen LogP contribution >= 0.6 is 0 Å². The molecule has 7 heteroatoms. The minimum absolute atomic E-state index is 0.0510. The summed E-state index contributed by atoms with van der Waals surface area (Å²) >= 11 is 0. The fourth-order valence-electron chi connectivity index (χ4n) is 0.775. The van der Waals surface area contributed by atoms with Crippen LogP contribution in [0, 0.1) is 0 Å². The summed E-state index contributed by atoms with van der Waals surface area (Å²) < 4.78 is 35.6. The van der Waals surface area contributed by atoms with Crippen LogP contribution in [0.1, 0.15) is 0 Å². The second-order valence-electron chi connectivity index (χ2n) is 2.29. The van der Waals surface area contributed by atoms with Gasteiger partial charge in [0.1, 0.15) is 15.9 Å². The molecule has 0 fully saturated rings. The minimum Gasteiger partial charge on any atom is -0.744 e. The summed E-state index contributed by atoms with van der Waals surface area (Å²) in [5.41, 5.74) is 0. The van der Waals surface area contributed by atoms with Crippen LogP contribution in [-0.4, -0.2) is 24.2 Å². The summed E-state index contributed by atoms with van der Waals surface area (Å²) in [6.45, 7) is 0. The van der Waals surface area contributed by atoms with Crippen LogP contribution in [0.5, 0.6) is 5.75 Å². The molecule has 76 valence electrons. The first-order valence-corrected chi connectivity index (χ1v) is 4.77. The molecule has 0 heterocycles. The van der Waals surface area contributed by atoms with Crippen molar-refractivity contribution in [2.24, 2.45) is 0 Å². The zero-order valence-electron chi connectivity index (χ0n) is 6.71. The SMILES string of the molecule is O=C(O)Oc1ccc(S(=O)(=O)[O-])cc1. The predicted molar refractivity (Wildman–Crippen MR) is 43.1 cm³/mol. The Morgan fingerprint density at radius 3 is 2.14 bits per heavy atom. The summed E-state index contributed by atoms with van der Waals surface area (Å²) in [6, 6.07) is 4.11. The van der Waals surface area contributed by atoms with E-state index < -0.39 is 21.2 Å². The lowest BCUT2D eigenvalue weighted by Crippen LogP contribution is -2.03. The van der Waals surface area contributed by atoms with Crippen molar-refractivity contribution in [1.29, 1.82) is 0 Å². The molecule has 1 aromatic rings. The Morgan fingerprint density at radius 2 is 1.79 bits per heavy atom. The van der Waals surface area contributed by atoms with E-state index in [1.165, 1.54) is 0 Å². The third-order valence-electron chi connectivity index (χ3n) is 1.32. The Hall–Kier alpha value is -1.60. The van der Waals surface area contributed by atoms with Crippen LogP contribution < -0.4 is 4.74 Å². The first-order valence-electron chi connectivity index (χ1n) is 3.36. The van der Waals surface area contributed by atoms with Crippen LogP contribution in [0.2, 0.25) is 0 Å². The standard InChI is InChI=1S/C7H6O6S/c8-7(9)13-5-1-3-6(4-2-5)14(10,11)12/h1-4H,(H,8,9)(H,10,11,12)/p-1. The van der Waals surface area contributed by atoms with Crippen LogP contribution in [0.4, 0.5) is 4.79 Å². The van der Waals surface area contributed by atoms with Gasteiger partial charge < -0.3 is 14.4 Å². The van der Waals surface area contributed by atoms with Crippen molar-refractivity contribution < 1.29 is 27.6 Å². The van der Waals surface area contributed by atoms with Gasteiger partial charge >= 0.3 is 6.16 Å². The molecule has 0 aliphatic heterocycles. The van der Waals surface area contributed by atoms with Crippen molar-refractivity contribution in [2.45, 2.75) is 4.90 Å². The smallest absolute Gasteiger partial charge is 0.511 e. The molecule has 1 N–H and O–H groups in total. The van der Waals surface area contributed by atoms with Gasteiger partial charge in [-0.05, 0) is 24.3 Å². The van der Waals surface area contributed by atoms with Gasteiger partial charge in [-0.3, -0.25) is 0 Å². The molecule has 0 saturated carbocycles. The fraction of sp³-hybridized carbons (Fsp3) is 0. The van der Waals surface area contributed by atoms with Crippen LogP contribution in [0.3, 0.4) is 0 Å². The maximum Gasteiger partial charge on any atom is 0.511 e. The molecule has 1 aromatic carbocycles. The monoisotopic (exact) mass is 217 g/mol. The Bertz CT molecular complexity index is 432. The van der Waals surface area contributed by atoms with Gasteiger partial charge in [-0.15, -0.1) is 0 Å². The maximum absolute atomic E-state index is 10.5. The highest BCUT2D eigenvalue weighted by atomic mass is 32.2. The van der Waals surface area contributed by atoms with Gasteiger partial charge in [0.15, 0.2) is 0 Å². The van der Waals surface area contributed by atoms with Crippen molar-refractivity contribution in [2.75, 3.05) is 0 Å². The zero-order valence-corrected chi connectivity index (χ0v) is 7.52. The van der Waals surface area contributed by atoms with Gasteiger partial charge in [-0.25, -0.2) is 13.2 Å². The number of ether oxygens (including phenoxy) is 1. The Morgan fingerprint density at radius 1 is 1.29 bits per heavy atom. The summed E-state index contributed by atoms with van der Waals surface area (Å²) in [7, 11) is -4.50. The van der Waals surface area contributed by atoms with Gasteiger partial charge in [0, 0.05) is 0 Å². The molecule has 0 amide bonds. The molecule has 6 nitrogen and oxygen atoms in total. The summed E-state index contributed by atoms with van der Waals surface area (Å²) in [4.78, 5) is 9.61. The van der Waals surface area contributed by atoms with Crippen molar-refractivity contribution in [3.63, 3.8) is 0 Å². The van der Waals surface area contributed by atoms with E-state index in [1.54, 1.807) is 0 Å². The zero-order chi connectivity index (χ0) is 10.8. The number of carbonyl (C=O) groups is 1. The van der Waals surface area contributed by atoms with E-state index in [9.17, 15) is 17.8 Å². The van der Waals surface area contributed by atoms with Crippen molar-refractivity contribution in [3.8, 4) is 5.75 Å². The molecule has 0 saturated heterocycles. The average molecular weight is 217 g/mol. The highest BCUT2D eigenvalue weighted by molar-refractivity contribution is 7.85. The van der Waals surface area contributed by atoms with Gasteiger partial charge in [0.2, 0.25) is 0 Å². The third kappa shape index (κ3) is 2.71. The topological polar surface area (TPSA) is 104 Å². The molecule has 0 spiro atoms. The highest BCUT2D eigenvalue weighted by Gasteiger charge is 2.03. The van der Waals surface area contributed by atoms with Gasteiger partial charge in [0.25, 0.3) is 0 Å². The fourth-order valence-corrected chi connectivity index (χ4v) is 1.24. The number of carboxylic acid groups (broad SMARTS) is 1. The molecule has 0 aliphatic carbocycles. The predicted octanol–water partition coefficient (Wildman–Crippen LogP) is 0.647. The Kier molecular flexibility index (Phi) is 2.73. The van der Waals surface area contributed by atoms with Crippen LogP contribution in [-0.2, 0) is 10.1 Å². The van der Waals surface area contributed by atoms with E-state index in [0.29, 0.717) is 0 Å². The second kappa shape index (κ2) is 3.64. The van der Waals surface area contributed by atoms with Crippen molar-refractivity contribution >= 4 is 16.3 Å². The Labute approximate surface area is 79.5 Å². The normalized spacial score (nSPS) is 10.9. The lowest BCUT2D eigenvalue weighted by atomic mass is 10.3. The molecule has 0 aliphatic rings. The summed E-state index contributed by atoms with van der Waals surface area (Å²) in [6.07, 6.45) is -1.51. The van der Waals surface area contributed by atoms with E-state index in [-0.39, 0.29) is 5.75 Å². The largest absolute Gasteiger partial charge is 0.744 e. The molecule has 0 radical (unpaired) electrons. The lowest BCUT2D eigenvalue weighted by Gasteiger charge is -2.06. The van der Waals surface area contributed by atoms with E-state index in [2.05, 4.69) is 4.74 Å². The molecule has 0 aromatic heterocycles. The molecule has 0 atom stereocenters.